The molecular weight excluding hydrogens is 858 g/mol. The summed E-state index contributed by atoms with van der Waals surface area (Å²) in [6.07, 6.45) is 5.54. The molecule has 4 aromatic carbocycles. The maximum atomic E-state index is 6.59. The van der Waals surface area contributed by atoms with Gasteiger partial charge in [-0.15, -0.1) is 23.6 Å². The average molecular weight is 905 g/mol. The van der Waals surface area contributed by atoms with E-state index in [1.165, 1.54) is 16.7 Å². The molecule has 4 aromatic heterocycles. The molecule has 0 amide bonds. The van der Waals surface area contributed by atoms with Crippen molar-refractivity contribution in [1.29, 1.82) is 0 Å². The molecule has 55 heavy (non-hydrogen) atoms. The van der Waals surface area contributed by atoms with E-state index in [0.29, 0.717) is 17.3 Å². The van der Waals surface area contributed by atoms with Gasteiger partial charge in [0, 0.05) is 38.5 Å². The van der Waals surface area contributed by atoms with E-state index < -0.39 is 0 Å². The molecule has 7 heteroatoms. The van der Waals surface area contributed by atoms with Gasteiger partial charge in [-0.2, -0.15) is 12.1 Å². The minimum atomic E-state index is -0.0194. The Morgan fingerprint density at radius 3 is 1.98 bits per heavy atom. The first kappa shape index (κ1) is 38.2. The second kappa shape index (κ2) is 13.9. The molecule has 0 spiro atoms. The molecule has 0 aliphatic carbocycles. The van der Waals surface area contributed by atoms with Crippen LogP contribution in [0.1, 0.15) is 84.7 Å². The summed E-state index contributed by atoms with van der Waals surface area (Å²) in [6.45, 7) is 22.2. The van der Waals surface area contributed by atoms with E-state index in [1.54, 1.807) is 0 Å². The summed E-state index contributed by atoms with van der Waals surface area (Å²) in [6, 6.07) is 41.0. The van der Waals surface area contributed by atoms with Crippen LogP contribution in [0.3, 0.4) is 0 Å². The number of aryl methyl sites for hydroxylation is 1. The minimum Gasteiger partial charge on any atom is -0.522 e. The van der Waals surface area contributed by atoms with Crippen LogP contribution in [0.15, 0.2) is 103 Å². The van der Waals surface area contributed by atoms with Crippen molar-refractivity contribution in [2.75, 3.05) is 0 Å². The number of hydrogen-bond donors (Lipinski definition) is 0. The monoisotopic (exact) mass is 904 g/mol. The topological polar surface area (TPSA) is 48.8 Å². The average Bonchev–Trinajstić information content (AvgIpc) is 3.66. The second-order valence-corrected chi connectivity index (χ2v) is 17.4. The normalized spacial score (nSPS) is 12.4. The molecule has 0 saturated heterocycles. The van der Waals surface area contributed by atoms with E-state index in [4.69, 9.17) is 14.7 Å². The third kappa shape index (κ3) is 7.25. The Balaban J connectivity index is 0.00000465. The van der Waals surface area contributed by atoms with Crippen LogP contribution in [0.2, 0.25) is 0 Å². The number of hydrogen-bond acceptors (Lipinski definition) is 3. The molecule has 8 rings (SSSR count). The zero-order chi connectivity index (χ0) is 38.2. The fraction of sp³-hybridized carbons (Fsp3) is 0.271. The number of nitrogens with zero attached hydrogens (tertiary/aromatic N) is 5. The van der Waals surface area contributed by atoms with Crippen LogP contribution in [0.25, 0.3) is 50.2 Å². The minimum absolute atomic E-state index is 0. The third-order valence-electron chi connectivity index (χ3n) is 10.2. The van der Waals surface area contributed by atoms with Gasteiger partial charge in [0.25, 0.3) is 6.33 Å². The van der Waals surface area contributed by atoms with Gasteiger partial charge in [0.05, 0.1) is 22.5 Å². The number of benzene rings is 4. The first-order chi connectivity index (χ1) is 25.5. The number of fused-ring (bicyclic) bond motifs is 4. The van der Waals surface area contributed by atoms with Crippen molar-refractivity contribution < 1.29 is 30.4 Å². The van der Waals surface area contributed by atoms with E-state index in [1.807, 2.05) is 35.9 Å². The zero-order valence-electron chi connectivity index (χ0n) is 33.3. The number of para-hydroxylation sites is 3. The van der Waals surface area contributed by atoms with Gasteiger partial charge in [-0.1, -0.05) is 116 Å². The van der Waals surface area contributed by atoms with Crippen molar-refractivity contribution in [3.8, 4) is 28.8 Å². The van der Waals surface area contributed by atoms with Crippen molar-refractivity contribution in [2.45, 2.75) is 85.5 Å². The molecule has 4 heterocycles. The zero-order valence-corrected chi connectivity index (χ0v) is 35.5. The van der Waals surface area contributed by atoms with Gasteiger partial charge in [-0.25, -0.2) is 4.98 Å². The molecule has 0 bridgehead atoms. The second-order valence-electron chi connectivity index (χ2n) is 17.4. The van der Waals surface area contributed by atoms with Crippen LogP contribution in [0.5, 0.6) is 11.5 Å². The van der Waals surface area contributed by atoms with Crippen LogP contribution in [-0.4, -0.2) is 19.1 Å². The first-order valence-electron chi connectivity index (χ1n) is 18.7. The summed E-state index contributed by atoms with van der Waals surface area (Å²) in [5.74, 6) is 2.57. The predicted octanol–water partition coefficient (Wildman–Crippen LogP) is 11.2. The van der Waals surface area contributed by atoms with Gasteiger partial charge in [0.15, 0.2) is 0 Å². The molecule has 0 radical (unpaired) electrons. The van der Waals surface area contributed by atoms with Crippen LogP contribution < -0.4 is 9.30 Å². The molecule has 282 valence electrons. The molecule has 0 atom stereocenters. The van der Waals surface area contributed by atoms with Gasteiger partial charge in [0.1, 0.15) is 5.82 Å². The van der Waals surface area contributed by atoms with Crippen LogP contribution in [-0.2, 0) is 37.3 Å². The fourth-order valence-electron chi connectivity index (χ4n) is 7.04. The van der Waals surface area contributed by atoms with E-state index >= 15 is 0 Å². The summed E-state index contributed by atoms with van der Waals surface area (Å²) >= 11 is 0. The van der Waals surface area contributed by atoms with E-state index in [9.17, 15) is 0 Å². The Hall–Kier alpha value is -5.06. The van der Waals surface area contributed by atoms with Crippen molar-refractivity contribution in [3.05, 3.63) is 144 Å². The predicted molar refractivity (Wildman–Crippen MR) is 219 cm³/mol. The summed E-state index contributed by atoms with van der Waals surface area (Å²) in [4.78, 5) is 9.76. The standard InChI is InChI=1S/C48H47N5O.Pt/c1-31-23-37(54-36-19-20-39-38-15-11-12-16-40(38)53(43(39)28-36)44-27-32(21-22-49-44)46(2,3)4)29-45(50-31)52-30-51(41-17-13-14-18-42(41)52)35-25-33(47(5,6)7)24-34(26-35)48(8,9)10;/h11-27H,1-10H3;/q-2;. The van der Waals surface area contributed by atoms with Crippen molar-refractivity contribution in [1.82, 2.24) is 19.1 Å². The van der Waals surface area contributed by atoms with E-state index in [2.05, 4.69) is 169 Å². The number of pyridine rings is 2. The van der Waals surface area contributed by atoms with Crippen LogP contribution in [0, 0.1) is 25.4 Å². The molecule has 6 nitrogen and oxygen atoms in total. The molecule has 0 saturated carbocycles. The summed E-state index contributed by atoms with van der Waals surface area (Å²) in [5.41, 5.74) is 9.55. The number of aromatic nitrogens is 5. The summed E-state index contributed by atoms with van der Waals surface area (Å²) in [7, 11) is 0. The van der Waals surface area contributed by atoms with Crippen molar-refractivity contribution in [2.24, 2.45) is 0 Å². The largest absolute Gasteiger partial charge is 0.522 e. The molecule has 0 fully saturated rings. The molecule has 0 unspecified atom stereocenters. The number of ether oxygens (including phenoxy) is 1. The van der Waals surface area contributed by atoms with Crippen LogP contribution in [0.4, 0.5) is 0 Å². The third-order valence-corrected chi connectivity index (χ3v) is 10.2. The van der Waals surface area contributed by atoms with Crippen LogP contribution >= 0.6 is 0 Å². The van der Waals surface area contributed by atoms with Gasteiger partial charge < -0.3 is 9.30 Å². The first-order valence-corrected chi connectivity index (χ1v) is 18.7. The summed E-state index contributed by atoms with van der Waals surface area (Å²) in [5, 5.41) is 2.22. The molecule has 0 aliphatic rings. The Labute approximate surface area is 339 Å². The number of rotatable bonds is 5. The Morgan fingerprint density at radius 2 is 1.29 bits per heavy atom. The van der Waals surface area contributed by atoms with Gasteiger partial charge in [-0.05, 0) is 87.0 Å². The van der Waals surface area contributed by atoms with Crippen molar-refractivity contribution in [3.63, 3.8) is 0 Å². The molecular formula is C48H47N5OPt-2. The van der Waals surface area contributed by atoms with Crippen molar-refractivity contribution >= 4 is 32.8 Å². The Morgan fingerprint density at radius 1 is 0.636 bits per heavy atom. The molecule has 0 N–H and O–H groups in total. The van der Waals surface area contributed by atoms with Gasteiger partial charge in [0.2, 0.25) is 0 Å². The maximum Gasteiger partial charge on any atom is 0.269 e. The summed E-state index contributed by atoms with van der Waals surface area (Å²) < 4.78 is 12.9. The van der Waals surface area contributed by atoms with Gasteiger partial charge >= 0.3 is 0 Å². The van der Waals surface area contributed by atoms with E-state index in [-0.39, 0.29) is 37.3 Å². The molecule has 0 aliphatic heterocycles. The molecule has 8 aromatic rings. The SMILES string of the molecule is Cc1cc(Oc2[c-]c3c(cc2)c2ccccc2n3-c2cc(C(C)(C)C)ccn2)[c-]c(-n2[c-][n+](-c3cc(C(C)(C)C)cc(C(C)(C)C)c3)c3ccccc32)n1.[Pt]. The smallest absolute Gasteiger partial charge is 0.269 e. The Bertz CT molecular complexity index is 2690. The maximum absolute atomic E-state index is 6.59. The number of imidazole rings is 1. The van der Waals surface area contributed by atoms with Gasteiger partial charge in [-0.3, -0.25) is 14.1 Å². The quantitative estimate of drug-likeness (QED) is 0.128. The fourth-order valence-corrected chi connectivity index (χ4v) is 7.04. The Kier molecular flexibility index (Phi) is 9.66. The van der Waals surface area contributed by atoms with E-state index in [0.717, 1.165) is 50.0 Å².